The van der Waals surface area contributed by atoms with Crippen LogP contribution in [0.1, 0.15) is 22.3 Å². The van der Waals surface area contributed by atoms with Gasteiger partial charge in [-0.2, -0.15) is 0 Å². The highest BCUT2D eigenvalue weighted by molar-refractivity contribution is 7.25. The van der Waals surface area contributed by atoms with Gasteiger partial charge in [-0.3, -0.25) is 13.8 Å². The molecule has 4 aromatic carbocycles. The lowest BCUT2D eigenvalue weighted by Gasteiger charge is -2.29. The SMILES string of the molecule is c1ccc2c(c1)-c1ccccc1C21c2ccccc2-c2c1cc1c3ncc(-c4ccc5c(c4)sc4ccncc45)n3c3nccnc3n21. The smallest absolute Gasteiger partial charge is 0.183 e. The Hall–Kier alpha value is -6.18. The Morgan fingerprint density at radius 2 is 1.21 bits per heavy atom. The fraction of sp³-hybridized carbons (Fsp3) is 0.0244. The van der Waals surface area contributed by atoms with Crippen molar-refractivity contribution in [2.24, 2.45) is 0 Å². The van der Waals surface area contributed by atoms with Crippen LogP contribution in [-0.2, 0) is 5.41 Å². The third kappa shape index (κ3) is 2.78. The molecule has 0 aliphatic heterocycles. The number of pyridine rings is 1. The van der Waals surface area contributed by atoms with E-state index < -0.39 is 5.41 Å². The number of fused-ring (bicyclic) bond motifs is 20. The molecule has 7 heteroatoms. The maximum atomic E-state index is 5.14. The lowest BCUT2D eigenvalue weighted by Crippen LogP contribution is -2.25. The minimum atomic E-state index is -0.451. The molecule has 10 aromatic rings. The first kappa shape index (κ1) is 25.0. The van der Waals surface area contributed by atoms with Crippen LogP contribution in [0.25, 0.3) is 76.3 Å². The molecule has 2 aliphatic carbocycles. The number of benzene rings is 4. The zero-order valence-electron chi connectivity index (χ0n) is 25.3. The molecule has 12 rings (SSSR count). The summed E-state index contributed by atoms with van der Waals surface area (Å²) in [5, 5.41) is 2.41. The van der Waals surface area contributed by atoms with E-state index in [1.165, 1.54) is 59.1 Å². The summed E-state index contributed by atoms with van der Waals surface area (Å²) in [5.41, 5.74) is 15.2. The molecule has 222 valence electrons. The molecule has 6 aromatic heterocycles. The summed E-state index contributed by atoms with van der Waals surface area (Å²) >= 11 is 1.79. The fourth-order valence-corrected chi connectivity index (χ4v) is 9.91. The molecule has 0 saturated heterocycles. The first-order valence-electron chi connectivity index (χ1n) is 16.0. The fourth-order valence-electron chi connectivity index (χ4n) is 8.79. The van der Waals surface area contributed by atoms with E-state index in [0.717, 1.165) is 39.4 Å². The van der Waals surface area contributed by atoms with Crippen LogP contribution in [0.2, 0.25) is 0 Å². The molecule has 0 N–H and O–H groups in total. The van der Waals surface area contributed by atoms with Crippen molar-refractivity contribution >= 4 is 54.0 Å². The van der Waals surface area contributed by atoms with E-state index >= 15 is 0 Å². The third-order valence-corrected chi connectivity index (χ3v) is 11.7. The number of rotatable bonds is 1. The molecule has 0 bridgehead atoms. The van der Waals surface area contributed by atoms with Gasteiger partial charge < -0.3 is 0 Å². The predicted molar refractivity (Wildman–Crippen MR) is 192 cm³/mol. The Morgan fingerprint density at radius 1 is 0.521 bits per heavy atom. The number of hydrogen-bond donors (Lipinski definition) is 0. The Balaban J connectivity index is 1.22. The molecule has 0 amide bonds. The van der Waals surface area contributed by atoms with Crippen molar-refractivity contribution in [1.82, 2.24) is 28.7 Å². The summed E-state index contributed by atoms with van der Waals surface area (Å²) in [6.07, 6.45) is 9.38. The van der Waals surface area contributed by atoms with Gasteiger partial charge in [-0.05, 0) is 51.6 Å². The van der Waals surface area contributed by atoms with E-state index in [4.69, 9.17) is 15.0 Å². The van der Waals surface area contributed by atoms with E-state index in [-0.39, 0.29) is 0 Å². The van der Waals surface area contributed by atoms with Crippen LogP contribution in [0.4, 0.5) is 0 Å². The highest BCUT2D eigenvalue weighted by Gasteiger charge is 2.53. The van der Waals surface area contributed by atoms with Gasteiger partial charge in [-0.15, -0.1) is 11.3 Å². The van der Waals surface area contributed by atoms with Gasteiger partial charge >= 0.3 is 0 Å². The lowest BCUT2D eigenvalue weighted by atomic mass is 9.71. The van der Waals surface area contributed by atoms with Crippen LogP contribution < -0.4 is 0 Å². The van der Waals surface area contributed by atoms with Gasteiger partial charge in [0.1, 0.15) is 0 Å². The lowest BCUT2D eigenvalue weighted by molar-refractivity contribution is 0.795. The van der Waals surface area contributed by atoms with Crippen molar-refractivity contribution < 1.29 is 0 Å². The van der Waals surface area contributed by atoms with E-state index in [1.54, 1.807) is 23.7 Å². The number of nitrogens with zero attached hydrogens (tertiary/aromatic N) is 6. The largest absolute Gasteiger partial charge is 0.287 e. The van der Waals surface area contributed by atoms with E-state index in [9.17, 15) is 0 Å². The summed E-state index contributed by atoms with van der Waals surface area (Å²) < 4.78 is 6.96. The number of hydrogen-bond acceptors (Lipinski definition) is 5. The zero-order chi connectivity index (χ0) is 31.1. The van der Waals surface area contributed by atoms with Gasteiger partial charge in [-0.1, -0.05) is 84.9 Å². The Labute approximate surface area is 277 Å². The monoisotopic (exact) mass is 630 g/mol. The summed E-state index contributed by atoms with van der Waals surface area (Å²) in [6.45, 7) is 0. The molecule has 6 nitrogen and oxygen atoms in total. The molecule has 0 atom stereocenters. The molecule has 48 heavy (non-hydrogen) atoms. The van der Waals surface area contributed by atoms with Crippen LogP contribution >= 0.6 is 11.3 Å². The van der Waals surface area contributed by atoms with Crippen LogP contribution in [0, 0.1) is 0 Å². The second-order valence-corrected chi connectivity index (χ2v) is 13.8. The summed E-state index contributed by atoms with van der Waals surface area (Å²) in [4.78, 5) is 19.5. The standard InChI is InChI=1S/C41H22N6S/c1-4-10-29-24(7-1)25-8-2-5-11-30(25)41(29)31-12-6-3-9-27(31)37-32(41)20-33-38-45-22-34(47(38)40-39(46(33)37)43-17-18-44-40)23-13-14-26-28-21-42-16-15-35(28)48-36(26)19-23/h1-22H. The number of aromatic nitrogens is 6. The molecule has 0 fully saturated rings. The summed E-state index contributed by atoms with van der Waals surface area (Å²) in [5.74, 6) is 0. The van der Waals surface area contributed by atoms with E-state index in [2.05, 4.69) is 117 Å². The van der Waals surface area contributed by atoms with Crippen LogP contribution in [0.5, 0.6) is 0 Å². The summed E-state index contributed by atoms with van der Waals surface area (Å²) in [6, 6.07) is 37.8. The predicted octanol–water partition coefficient (Wildman–Crippen LogP) is 9.30. The molecule has 0 unspecified atom stereocenters. The topological polar surface area (TPSA) is 60.4 Å². The molecule has 2 aliphatic rings. The number of thiophene rings is 1. The molecular formula is C41H22N6S. The van der Waals surface area contributed by atoms with Crippen molar-refractivity contribution in [3.63, 3.8) is 0 Å². The average Bonchev–Trinajstić information content (AvgIpc) is 3.95. The normalized spacial score (nSPS) is 14.0. The van der Waals surface area contributed by atoms with Gasteiger partial charge in [0.2, 0.25) is 0 Å². The first-order valence-corrected chi connectivity index (χ1v) is 16.9. The summed E-state index contributed by atoms with van der Waals surface area (Å²) in [7, 11) is 0. The van der Waals surface area contributed by atoms with Crippen molar-refractivity contribution in [1.29, 1.82) is 0 Å². The average molecular weight is 631 g/mol. The Kier molecular flexibility index (Phi) is 4.47. The van der Waals surface area contributed by atoms with Gasteiger partial charge in [0.25, 0.3) is 0 Å². The minimum absolute atomic E-state index is 0.451. The highest BCUT2D eigenvalue weighted by atomic mass is 32.1. The van der Waals surface area contributed by atoms with Gasteiger partial charge in [0, 0.05) is 56.1 Å². The van der Waals surface area contributed by atoms with Crippen molar-refractivity contribution in [2.75, 3.05) is 0 Å². The number of imidazole rings is 1. The quantitative estimate of drug-likeness (QED) is 0.181. The molecular weight excluding hydrogens is 609 g/mol. The molecule has 6 heterocycles. The zero-order valence-corrected chi connectivity index (χ0v) is 26.1. The second-order valence-electron chi connectivity index (χ2n) is 12.7. The Bertz CT molecular complexity index is 2990. The van der Waals surface area contributed by atoms with Crippen LogP contribution in [-0.4, -0.2) is 28.7 Å². The van der Waals surface area contributed by atoms with Gasteiger partial charge in [-0.25, -0.2) is 15.0 Å². The molecule has 1 spiro atoms. The Morgan fingerprint density at radius 3 is 1.98 bits per heavy atom. The molecule has 0 saturated carbocycles. The second kappa shape index (κ2) is 8.59. The van der Waals surface area contributed by atoms with Crippen molar-refractivity contribution in [3.05, 3.63) is 156 Å². The van der Waals surface area contributed by atoms with Crippen molar-refractivity contribution in [3.8, 4) is 33.6 Å². The van der Waals surface area contributed by atoms with E-state index in [0.29, 0.717) is 0 Å². The maximum Gasteiger partial charge on any atom is 0.183 e. The maximum absolute atomic E-state index is 5.14. The van der Waals surface area contributed by atoms with Crippen LogP contribution in [0.15, 0.2) is 134 Å². The first-order chi connectivity index (χ1) is 23.8. The van der Waals surface area contributed by atoms with Gasteiger partial charge in [0.05, 0.1) is 28.5 Å². The highest BCUT2D eigenvalue weighted by Crippen LogP contribution is 2.63. The van der Waals surface area contributed by atoms with E-state index in [1.807, 2.05) is 18.6 Å². The van der Waals surface area contributed by atoms with Gasteiger partial charge in [0.15, 0.2) is 16.9 Å². The van der Waals surface area contributed by atoms with Crippen molar-refractivity contribution in [2.45, 2.75) is 5.41 Å². The third-order valence-electron chi connectivity index (χ3n) is 10.6. The molecule has 0 radical (unpaired) electrons. The minimum Gasteiger partial charge on any atom is -0.287 e. The van der Waals surface area contributed by atoms with Crippen LogP contribution in [0.3, 0.4) is 0 Å².